The highest BCUT2D eigenvalue weighted by atomic mass is 32.2. The van der Waals surface area contributed by atoms with Crippen molar-refractivity contribution in [1.29, 1.82) is 0 Å². The zero-order chi connectivity index (χ0) is 18.3. The molecule has 0 bridgehead atoms. The van der Waals surface area contributed by atoms with Crippen LogP contribution in [0.25, 0.3) is 0 Å². The molecule has 6 heteroatoms. The number of nitrogens with zero attached hydrogens (tertiary/aromatic N) is 1. The molecule has 0 radical (unpaired) electrons. The molecule has 0 saturated carbocycles. The summed E-state index contributed by atoms with van der Waals surface area (Å²) in [6.07, 6.45) is 6.25. The second kappa shape index (κ2) is 9.34. The maximum Gasteiger partial charge on any atom is 0.251 e. The van der Waals surface area contributed by atoms with Crippen molar-refractivity contribution in [2.24, 2.45) is 5.92 Å². The average Bonchev–Trinajstić information content (AvgIpc) is 3.17. The van der Waals surface area contributed by atoms with Gasteiger partial charge in [-0.25, -0.2) is 8.42 Å². The Morgan fingerprint density at radius 2 is 1.96 bits per heavy atom. The van der Waals surface area contributed by atoms with Crippen LogP contribution < -0.4 is 5.32 Å². The Hall–Kier alpha value is -1.40. The maximum absolute atomic E-state index is 12.6. The second-order valence-electron chi connectivity index (χ2n) is 6.77. The predicted molar refractivity (Wildman–Crippen MR) is 100 cm³/mol. The zero-order valence-corrected chi connectivity index (χ0v) is 16.1. The summed E-state index contributed by atoms with van der Waals surface area (Å²) in [6, 6.07) is 6.38. The molecule has 1 unspecified atom stereocenters. The number of rotatable bonds is 9. The number of carbonyl (C=O) groups excluding carboxylic acids is 1. The molecule has 140 valence electrons. The molecular formula is C19H30N2O3S. The number of sulfonamides is 1. The van der Waals surface area contributed by atoms with E-state index in [0.29, 0.717) is 31.1 Å². The molecule has 2 rings (SSSR count). The smallest absolute Gasteiger partial charge is 0.251 e. The van der Waals surface area contributed by atoms with Gasteiger partial charge in [-0.2, -0.15) is 4.31 Å². The molecule has 1 aliphatic rings. The van der Waals surface area contributed by atoms with Crippen LogP contribution in [0.15, 0.2) is 29.2 Å². The van der Waals surface area contributed by atoms with E-state index in [9.17, 15) is 13.2 Å². The Morgan fingerprint density at radius 3 is 2.60 bits per heavy atom. The van der Waals surface area contributed by atoms with Gasteiger partial charge in [0.05, 0.1) is 4.90 Å². The zero-order valence-electron chi connectivity index (χ0n) is 15.3. The van der Waals surface area contributed by atoms with E-state index in [-0.39, 0.29) is 10.8 Å². The van der Waals surface area contributed by atoms with E-state index in [1.807, 2.05) is 0 Å². The topological polar surface area (TPSA) is 66.5 Å². The summed E-state index contributed by atoms with van der Waals surface area (Å²) in [5, 5.41) is 2.96. The van der Waals surface area contributed by atoms with Crippen LogP contribution in [-0.4, -0.2) is 38.3 Å². The molecule has 5 nitrogen and oxygen atoms in total. The molecule has 1 atom stereocenters. The van der Waals surface area contributed by atoms with Crippen molar-refractivity contribution < 1.29 is 13.2 Å². The van der Waals surface area contributed by atoms with Crippen molar-refractivity contribution >= 4 is 15.9 Å². The number of unbranched alkanes of at least 4 members (excludes halogenated alkanes) is 1. The fourth-order valence-corrected chi connectivity index (χ4v) is 4.72. The lowest BCUT2D eigenvalue weighted by atomic mass is 9.99. The van der Waals surface area contributed by atoms with Crippen molar-refractivity contribution in [2.45, 2.75) is 57.3 Å². The summed E-state index contributed by atoms with van der Waals surface area (Å²) in [5.41, 5.74) is 0.408. The average molecular weight is 367 g/mol. The van der Waals surface area contributed by atoms with E-state index in [4.69, 9.17) is 0 Å². The minimum atomic E-state index is -3.49. The summed E-state index contributed by atoms with van der Waals surface area (Å²) in [5.74, 6) is 0.272. The number of hydrogen-bond donors (Lipinski definition) is 1. The van der Waals surface area contributed by atoms with E-state index in [2.05, 4.69) is 19.2 Å². The molecule has 1 aromatic carbocycles. The van der Waals surface area contributed by atoms with Crippen LogP contribution in [-0.2, 0) is 10.0 Å². The number of hydrogen-bond acceptors (Lipinski definition) is 3. The minimum absolute atomic E-state index is 0.201. The first kappa shape index (κ1) is 19.9. The van der Waals surface area contributed by atoms with Crippen molar-refractivity contribution in [3.05, 3.63) is 29.8 Å². The molecule has 25 heavy (non-hydrogen) atoms. The minimum Gasteiger partial charge on any atom is -0.352 e. The van der Waals surface area contributed by atoms with Crippen LogP contribution in [0.5, 0.6) is 0 Å². The molecule has 1 N–H and O–H groups in total. The Morgan fingerprint density at radius 1 is 1.24 bits per heavy atom. The van der Waals surface area contributed by atoms with Crippen LogP contribution in [0, 0.1) is 5.92 Å². The van der Waals surface area contributed by atoms with Gasteiger partial charge in [0.1, 0.15) is 0 Å². The molecule has 1 heterocycles. The van der Waals surface area contributed by atoms with Crippen LogP contribution >= 0.6 is 0 Å². The quantitative estimate of drug-likeness (QED) is 0.728. The van der Waals surface area contributed by atoms with Gasteiger partial charge in [0.2, 0.25) is 10.0 Å². The van der Waals surface area contributed by atoms with E-state index in [1.165, 1.54) is 10.4 Å². The van der Waals surface area contributed by atoms with Crippen LogP contribution in [0.2, 0.25) is 0 Å². The first-order valence-electron chi connectivity index (χ1n) is 9.37. The van der Waals surface area contributed by atoms with E-state index in [0.717, 1.165) is 38.5 Å². The second-order valence-corrected chi connectivity index (χ2v) is 8.70. The van der Waals surface area contributed by atoms with Gasteiger partial charge in [-0.15, -0.1) is 0 Å². The third kappa shape index (κ3) is 5.28. The molecule has 1 saturated heterocycles. The Labute approximate surface area is 151 Å². The summed E-state index contributed by atoms with van der Waals surface area (Å²) in [7, 11) is -3.49. The van der Waals surface area contributed by atoms with Crippen LogP contribution in [0.1, 0.15) is 62.7 Å². The van der Waals surface area contributed by atoms with E-state index >= 15 is 0 Å². The van der Waals surface area contributed by atoms with Crippen molar-refractivity contribution in [3.8, 4) is 0 Å². The van der Waals surface area contributed by atoms with Gasteiger partial charge in [-0.1, -0.05) is 39.2 Å². The number of nitrogens with one attached hydrogen (secondary N) is 1. The van der Waals surface area contributed by atoms with Gasteiger partial charge >= 0.3 is 0 Å². The van der Waals surface area contributed by atoms with Crippen molar-refractivity contribution in [1.82, 2.24) is 9.62 Å². The first-order chi connectivity index (χ1) is 12.0. The number of amides is 1. The number of benzene rings is 1. The molecule has 1 aliphatic heterocycles. The summed E-state index contributed by atoms with van der Waals surface area (Å²) in [6.45, 7) is 6.06. The van der Waals surface area contributed by atoms with E-state index < -0.39 is 10.0 Å². The Kier molecular flexibility index (Phi) is 7.44. The Bertz CT molecular complexity index is 667. The lowest BCUT2D eigenvalue weighted by molar-refractivity contribution is 0.0945. The summed E-state index contributed by atoms with van der Waals surface area (Å²) < 4.78 is 26.8. The molecule has 1 amide bonds. The fraction of sp³-hybridized carbons (Fsp3) is 0.632. The molecule has 1 fully saturated rings. The van der Waals surface area contributed by atoms with Gasteiger partial charge in [-0.05, 0) is 43.4 Å². The van der Waals surface area contributed by atoms with Crippen molar-refractivity contribution in [2.75, 3.05) is 19.6 Å². The van der Waals surface area contributed by atoms with Gasteiger partial charge in [0.15, 0.2) is 0 Å². The van der Waals surface area contributed by atoms with E-state index in [1.54, 1.807) is 18.2 Å². The number of carbonyl (C=O) groups is 1. The monoisotopic (exact) mass is 366 g/mol. The third-order valence-electron chi connectivity index (χ3n) is 4.89. The first-order valence-corrected chi connectivity index (χ1v) is 10.8. The Balaban J connectivity index is 2.03. The van der Waals surface area contributed by atoms with Crippen LogP contribution in [0.4, 0.5) is 0 Å². The third-order valence-corrected chi connectivity index (χ3v) is 6.79. The standard InChI is InChI=1S/C19H30N2O3S/c1-3-5-9-16(4-2)15-20-19(22)17-10-8-11-18(14-17)25(23,24)21-12-6-7-13-21/h8,10-11,14,16H,3-7,9,12-13,15H2,1-2H3,(H,20,22). The van der Waals surface area contributed by atoms with Gasteiger partial charge in [0.25, 0.3) is 5.91 Å². The molecule has 0 aromatic heterocycles. The van der Waals surface area contributed by atoms with Crippen molar-refractivity contribution in [3.63, 3.8) is 0 Å². The highest BCUT2D eigenvalue weighted by Gasteiger charge is 2.27. The SMILES string of the molecule is CCCCC(CC)CNC(=O)c1cccc(S(=O)(=O)N2CCCC2)c1. The van der Waals surface area contributed by atoms with Crippen LogP contribution in [0.3, 0.4) is 0 Å². The fourth-order valence-electron chi connectivity index (χ4n) is 3.16. The molecular weight excluding hydrogens is 336 g/mol. The maximum atomic E-state index is 12.6. The lowest BCUT2D eigenvalue weighted by Crippen LogP contribution is -2.30. The largest absolute Gasteiger partial charge is 0.352 e. The highest BCUT2D eigenvalue weighted by Crippen LogP contribution is 2.21. The summed E-state index contributed by atoms with van der Waals surface area (Å²) >= 11 is 0. The predicted octanol–water partition coefficient (Wildman–Crippen LogP) is 3.42. The van der Waals surface area contributed by atoms with Gasteiger partial charge < -0.3 is 5.32 Å². The highest BCUT2D eigenvalue weighted by molar-refractivity contribution is 7.89. The normalized spacial score (nSPS) is 16.7. The van der Waals surface area contributed by atoms with Gasteiger partial charge in [0, 0.05) is 25.2 Å². The molecule has 0 spiro atoms. The molecule has 0 aliphatic carbocycles. The molecule has 1 aromatic rings. The summed E-state index contributed by atoms with van der Waals surface area (Å²) in [4.78, 5) is 12.6. The lowest BCUT2D eigenvalue weighted by Gasteiger charge is -2.17. The van der Waals surface area contributed by atoms with Gasteiger partial charge in [-0.3, -0.25) is 4.79 Å².